The van der Waals surface area contributed by atoms with E-state index in [-0.39, 0.29) is 5.91 Å². The second-order valence-corrected chi connectivity index (χ2v) is 3.13. The van der Waals surface area contributed by atoms with Crippen LogP contribution in [0.3, 0.4) is 0 Å². The van der Waals surface area contributed by atoms with E-state index < -0.39 is 0 Å². The maximum absolute atomic E-state index is 11.2. The van der Waals surface area contributed by atoms with Gasteiger partial charge >= 0.3 is 0 Å². The highest BCUT2D eigenvalue weighted by Crippen LogP contribution is 2.16. The van der Waals surface area contributed by atoms with Crippen molar-refractivity contribution in [3.8, 4) is 0 Å². The molecule has 0 aromatic heterocycles. The fourth-order valence-electron chi connectivity index (χ4n) is 1.31. The molecular formula is C7H15N3O. The summed E-state index contributed by atoms with van der Waals surface area (Å²) in [5.74, 6) is 0.537. The van der Waals surface area contributed by atoms with Gasteiger partial charge in [-0.15, -0.1) is 0 Å². The molecule has 0 aliphatic carbocycles. The lowest BCUT2D eigenvalue weighted by Crippen LogP contribution is -2.38. The Morgan fingerprint density at radius 1 is 1.73 bits per heavy atom. The van der Waals surface area contributed by atoms with Crippen LogP contribution in [0.5, 0.6) is 0 Å². The first-order valence-electron chi connectivity index (χ1n) is 3.82. The van der Waals surface area contributed by atoms with Crippen molar-refractivity contribution in [1.82, 2.24) is 10.0 Å². The summed E-state index contributed by atoms with van der Waals surface area (Å²) in [7, 11) is 3.74. The number of hydrogen-bond acceptors (Lipinski definition) is 3. The van der Waals surface area contributed by atoms with Crippen molar-refractivity contribution in [1.29, 1.82) is 0 Å². The van der Waals surface area contributed by atoms with Crippen LogP contribution in [0.15, 0.2) is 0 Å². The molecule has 0 radical (unpaired) electrons. The smallest absolute Gasteiger partial charge is 0.237 e. The monoisotopic (exact) mass is 157 g/mol. The van der Waals surface area contributed by atoms with Gasteiger partial charge in [-0.3, -0.25) is 9.80 Å². The first-order valence-corrected chi connectivity index (χ1v) is 3.82. The Labute approximate surface area is 66.9 Å². The lowest BCUT2D eigenvalue weighted by molar-refractivity contribution is -0.139. The molecular weight excluding hydrogens is 142 g/mol. The predicted octanol–water partition coefficient (Wildman–Crippen LogP) is -0.730. The van der Waals surface area contributed by atoms with Crippen molar-refractivity contribution in [2.45, 2.75) is 6.42 Å². The van der Waals surface area contributed by atoms with Gasteiger partial charge in [0.2, 0.25) is 5.91 Å². The maximum Gasteiger partial charge on any atom is 0.237 e. The first-order chi connectivity index (χ1) is 5.15. The van der Waals surface area contributed by atoms with E-state index in [0.717, 1.165) is 6.54 Å². The molecule has 0 saturated carbocycles. The van der Waals surface area contributed by atoms with Gasteiger partial charge in [0, 0.05) is 27.1 Å². The van der Waals surface area contributed by atoms with Gasteiger partial charge < -0.3 is 5.73 Å². The summed E-state index contributed by atoms with van der Waals surface area (Å²) in [6, 6.07) is 0. The Balaban J connectivity index is 2.52. The molecule has 11 heavy (non-hydrogen) atoms. The molecule has 64 valence electrons. The Morgan fingerprint density at radius 3 is 2.64 bits per heavy atom. The van der Waals surface area contributed by atoms with Gasteiger partial charge in [-0.25, -0.2) is 5.01 Å². The van der Waals surface area contributed by atoms with Crippen LogP contribution in [0, 0.1) is 5.92 Å². The first kappa shape index (κ1) is 8.49. The third kappa shape index (κ3) is 1.70. The fourth-order valence-corrected chi connectivity index (χ4v) is 1.31. The average Bonchev–Trinajstić information content (AvgIpc) is 2.30. The van der Waals surface area contributed by atoms with Gasteiger partial charge in [0.15, 0.2) is 0 Å². The molecule has 1 heterocycles. The minimum Gasteiger partial charge on any atom is -0.330 e. The van der Waals surface area contributed by atoms with Crippen LogP contribution in [0.4, 0.5) is 0 Å². The van der Waals surface area contributed by atoms with E-state index in [2.05, 4.69) is 0 Å². The standard InChI is InChI=1S/C7H15N3O/c1-9(2)10-5-6(4-8)3-7(10)11/h6H,3-5,8H2,1-2H3. The molecule has 1 aliphatic rings. The molecule has 1 amide bonds. The molecule has 1 fully saturated rings. The van der Waals surface area contributed by atoms with E-state index in [0.29, 0.717) is 18.9 Å². The molecule has 0 aromatic rings. The van der Waals surface area contributed by atoms with Gasteiger partial charge in [-0.05, 0) is 12.5 Å². The van der Waals surface area contributed by atoms with Crippen LogP contribution in [-0.4, -0.2) is 43.1 Å². The van der Waals surface area contributed by atoms with Gasteiger partial charge in [0.1, 0.15) is 0 Å². The normalized spacial score (nSPS) is 25.3. The molecule has 1 atom stereocenters. The van der Waals surface area contributed by atoms with Crippen LogP contribution < -0.4 is 5.73 Å². The minimum absolute atomic E-state index is 0.186. The van der Waals surface area contributed by atoms with Crippen LogP contribution in [-0.2, 0) is 4.79 Å². The van der Waals surface area contributed by atoms with Crippen molar-refractivity contribution in [3.05, 3.63) is 0 Å². The molecule has 0 spiro atoms. The lowest BCUT2D eigenvalue weighted by atomic mass is 10.1. The number of hydrogen-bond donors (Lipinski definition) is 1. The van der Waals surface area contributed by atoms with Crippen LogP contribution in [0.2, 0.25) is 0 Å². The van der Waals surface area contributed by atoms with Gasteiger partial charge in [0.05, 0.1) is 0 Å². The molecule has 1 saturated heterocycles. The summed E-state index contributed by atoms with van der Waals surface area (Å²) >= 11 is 0. The molecule has 1 rings (SSSR count). The number of carbonyl (C=O) groups excluding carboxylic acids is 1. The topological polar surface area (TPSA) is 49.6 Å². The van der Waals surface area contributed by atoms with E-state index in [1.54, 1.807) is 5.01 Å². The zero-order valence-electron chi connectivity index (χ0n) is 7.08. The van der Waals surface area contributed by atoms with Crippen molar-refractivity contribution in [2.75, 3.05) is 27.2 Å². The molecule has 0 aromatic carbocycles. The van der Waals surface area contributed by atoms with Crippen molar-refractivity contribution in [2.24, 2.45) is 11.7 Å². The second kappa shape index (κ2) is 3.19. The quantitative estimate of drug-likeness (QED) is 0.575. The SMILES string of the molecule is CN(C)N1CC(CN)CC1=O. The molecule has 1 unspecified atom stereocenters. The molecule has 0 bridgehead atoms. The van der Waals surface area contributed by atoms with Gasteiger partial charge in [-0.2, -0.15) is 0 Å². The highest BCUT2D eigenvalue weighted by Gasteiger charge is 2.29. The number of nitrogens with two attached hydrogens (primary N) is 1. The Kier molecular flexibility index (Phi) is 2.46. The number of nitrogens with zero attached hydrogens (tertiary/aromatic N) is 2. The molecule has 4 nitrogen and oxygen atoms in total. The largest absolute Gasteiger partial charge is 0.330 e. The van der Waals surface area contributed by atoms with Crippen molar-refractivity contribution < 1.29 is 4.79 Å². The summed E-state index contributed by atoms with van der Waals surface area (Å²) in [6.07, 6.45) is 0.606. The van der Waals surface area contributed by atoms with E-state index in [1.807, 2.05) is 19.1 Å². The van der Waals surface area contributed by atoms with Crippen LogP contribution in [0.1, 0.15) is 6.42 Å². The van der Waals surface area contributed by atoms with E-state index >= 15 is 0 Å². The fraction of sp³-hybridized carbons (Fsp3) is 0.857. The zero-order valence-corrected chi connectivity index (χ0v) is 7.08. The second-order valence-electron chi connectivity index (χ2n) is 3.13. The van der Waals surface area contributed by atoms with Gasteiger partial charge in [-0.1, -0.05) is 0 Å². The van der Waals surface area contributed by atoms with Crippen molar-refractivity contribution >= 4 is 5.91 Å². The lowest BCUT2D eigenvalue weighted by Gasteiger charge is -2.23. The zero-order chi connectivity index (χ0) is 8.43. The molecule has 1 aliphatic heterocycles. The third-order valence-electron chi connectivity index (χ3n) is 2.00. The summed E-state index contributed by atoms with van der Waals surface area (Å²) in [5, 5.41) is 3.55. The van der Waals surface area contributed by atoms with E-state index in [4.69, 9.17) is 5.73 Å². The van der Waals surface area contributed by atoms with Gasteiger partial charge in [0.25, 0.3) is 0 Å². The highest BCUT2D eigenvalue weighted by atomic mass is 16.2. The van der Waals surface area contributed by atoms with E-state index in [9.17, 15) is 4.79 Å². The van der Waals surface area contributed by atoms with E-state index in [1.165, 1.54) is 0 Å². The predicted molar refractivity (Wildman–Crippen MR) is 42.6 cm³/mol. The Morgan fingerprint density at radius 2 is 2.36 bits per heavy atom. The number of amides is 1. The van der Waals surface area contributed by atoms with Crippen LogP contribution >= 0.6 is 0 Å². The average molecular weight is 157 g/mol. The summed E-state index contributed by atoms with van der Waals surface area (Å²) in [4.78, 5) is 11.2. The maximum atomic E-state index is 11.2. The van der Waals surface area contributed by atoms with Crippen LogP contribution in [0.25, 0.3) is 0 Å². The summed E-state index contributed by atoms with van der Waals surface area (Å²) in [5.41, 5.74) is 5.46. The van der Waals surface area contributed by atoms with Crippen molar-refractivity contribution in [3.63, 3.8) is 0 Å². The number of rotatable bonds is 2. The Hall–Kier alpha value is -0.610. The minimum atomic E-state index is 0.186. The highest BCUT2D eigenvalue weighted by molar-refractivity contribution is 5.78. The summed E-state index contributed by atoms with van der Waals surface area (Å²) in [6.45, 7) is 1.39. The summed E-state index contributed by atoms with van der Waals surface area (Å²) < 4.78 is 0. The molecule has 4 heteroatoms. The third-order valence-corrected chi connectivity index (χ3v) is 2.00. The Bertz CT molecular complexity index is 158. The molecule has 2 N–H and O–H groups in total. The number of carbonyl (C=O) groups is 1. The number of hydrazine groups is 1.